The average Bonchev–Trinajstić information content (AvgIpc) is 2.81. The third-order valence-electron chi connectivity index (χ3n) is 6.37. The van der Waals surface area contributed by atoms with Crippen LogP contribution in [0.3, 0.4) is 0 Å². The standard InChI is InChI=1S/C27H41N3O5/c1-6-7-11-18(4)14-22-27(34)35-23(17(2)3)16-24(31)29-21(15-20-12-9-8-10-13-20)26(33)28-19(5)25(32)30-22/h8-10,12-13,17-19,21-23H,6-7,11,14-16H2,1-5H3,(H,28,33)(H,29,31)(H,30,32)/t18-,19+,21-,22-,23+/m0/s1. The van der Waals surface area contributed by atoms with Crippen LogP contribution in [0.25, 0.3) is 0 Å². The number of rotatable bonds is 8. The summed E-state index contributed by atoms with van der Waals surface area (Å²) in [5.74, 6) is -1.77. The molecule has 0 aromatic heterocycles. The number of benzene rings is 1. The van der Waals surface area contributed by atoms with E-state index in [0.717, 1.165) is 24.8 Å². The van der Waals surface area contributed by atoms with Gasteiger partial charge in [0.25, 0.3) is 0 Å². The molecule has 1 saturated heterocycles. The fourth-order valence-electron chi connectivity index (χ4n) is 4.10. The second-order valence-corrected chi connectivity index (χ2v) is 10.0. The Morgan fingerprint density at radius 3 is 2.26 bits per heavy atom. The molecule has 1 heterocycles. The van der Waals surface area contributed by atoms with Crippen molar-refractivity contribution >= 4 is 23.7 Å². The molecule has 1 aromatic rings. The van der Waals surface area contributed by atoms with Gasteiger partial charge in [-0.15, -0.1) is 0 Å². The van der Waals surface area contributed by atoms with Gasteiger partial charge in [0.15, 0.2) is 0 Å². The lowest BCUT2D eigenvalue weighted by Gasteiger charge is -2.26. The van der Waals surface area contributed by atoms with E-state index < -0.39 is 42.0 Å². The number of nitrogens with one attached hydrogen (secondary N) is 3. The van der Waals surface area contributed by atoms with E-state index >= 15 is 0 Å². The van der Waals surface area contributed by atoms with Crippen LogP contribution in [0.1, 0.15) is 72.3 Å². The van der Waals surface area contributed by atoms with E-state index in [1.54, 1.807) is 6.92 Å². The number of cyclic esters (lactones) is 1. The van der Waals surface area contributed by atoms with Crippen LogP contribution in [-0.4, -0.2) is 47.9 Å². The molecule has 194 valence electrons. The number of carbonyl (C=O) groups is 4. The Hall–Kier alpha value is -2.90. The van der Waals surface area contributed by atoms with Crippen LogP contribution in [0, 0.1) is 11.8 Å². The minimum Gasteiger partial charge on any atom is -0.460 e. The molecule has 0 aliphatic carbocycles. The van der Waals surface area contributed by atoms with Gasteiger partial charge in [0.05, 0.1) is 6.42 Å². The van der Waals surface area contributed by atoms with Gasteiger partial charge < -0.3 is 20.7 Å². The van der Waals surface area contributed by atoms with Gasteiger partial charge in [-0.25, -0.2) is 4.79 Å². The van der Waals surface area contributed by atoms with Crippen molar-refractivity contribution in [2.24, 2.45) is 11.8 Å². The van der Waals surface area contributed by atoms with Crippen LogP contribution < -0.4 is 16.0 Å². The quantitative estimate of drug-likeness (QED) is 0.488. The summed E-state index contributed by atoms with van der Waals surface area (Å²) in [7, 11) is 0. The summed E-state index contributed by atoms with van der Waals surface area (Å²) in [4.78, 5) is 52.0. The lowest BCUT2D eigenvalue weighted by Crippen LogP contribution is -2.55. The highest BCUT2D eigenvalue weighted by atomic mass is 16.5. The predicted octanol–water partition coefficient (Wildman–Crippen LogP) is 2.89. The van der Waals surface area contributed by atoms with Crippen LogP contribution in [-0.2, 0) is 30.3 Å². The summed E-state index contributed by atoms with van der Waals surface area (Å²) in [5, 5.41) is 8.26. The molecule has 35 heavy (non-hydrogen) atoms. The van der Waals surface area contributed by atoms with Crippen LogP contribution in [0.4, 0.5) is 0 Å². The molecule has 8 nitrogen and oxygen atoms in total. The highest BCUT2D eigenvalue weighted by Crippen LogP contribution is 2.18. The molecule has 5 atom stereocenters. The molecule has 3 N–H and O–H groups in total. The van der Waals surface area contributed by atoms with Crippen LogP contribution in [0.2, 0.25) is 0 Å². The van der Waals surface area contributed by atoms with Gasteiger partial charge >= 0.3 is 5.97 Å². The Labute approximate surface area is 208 Å². The Kier molecular flexibility index (Phi) is 11.2. The van der Waals surface area contributed by atoms with Crippen LogP contribution in [0.5, 0.6) is 0 Å². The molecule has 0 radical (unpaired) electrons. The smallest absolute Gasteiger partial charge is 0.328 e. The molecule has 2 rings (SSSR count). The normalized spacial score (nSPS) is 25.3. The van der Waals surface area contributed by atoms with Crippen molar-refractivity contribution < 1.29 is 23.9 Å². The van der Waals surface area contributed by atoms with Crippen molar-refractivity contribution in [3.63, 3.8) is 0 Å². The molecule has 0 bridgehead atoms. The van der Waals surface area contributed by atoms with Gasteiger partial charge in [0, 0.05) is 6.42 Å². The molecular formula is C27H41N3O5. The highest BCUT2D eigenvalue weighted by molar-refractivity contribution is 5.94. The lowest BCUT2D eigenvalue weighted by molar-refractivity contribution is -0.157. The fourth-order valence-corrected chi connectivity index (χ4v) is 4.10. The first-order chi connectivity index (χ1) is 16.6. The number of carbonyl (C=O) groups excluding carboxylic acids is 4. The molecule has 1 aromatic carbocycles. The zero-order chi connectivity index (χ0) is 26.0. The SMILES string of the molecule is CCCC[C@H](C)C[C@@H]1NC(=O)[C@@H](C)NC(=O)[C@H](Cc2ccccc2)NC(=O)C[C@H](C(C)C)OC1=O. The largest absolute Gasteiger partial charge is 0.460 e. The molecule has 3 amide bonds. The highest BCUT2D eigenvalue weighted by Gasteiger charge is 2.33. The predicted molar refractivity (Wildman–Crippen MR) is 134 cm³/mol. The lowest BCUT2D eigenvalue weighted by atomic mass is 9.95. The summed E-state index contributed by atoms with van der Waals surface area (Å²) >= 11 is 0. The van der Waals surface area contributed by atoms with E-state index in [9.17, 15) is 19.2 Å². The van der Waals surface area contributed by atoms with Crippen LogP contribution in [0.15, 0.2) is 30.3 Å². The molecule has 8 heteroatoms. The molecule has 0 saturated carbocycles. The minimum absolute atomic E-state index is 0.0659. The zero-order valence-electron chi connectivity index (χ0n) is 21.6. The van der Waals surface area contributed by atoms with E-state index in [1.165, 1.54) is 0 Å². The first-order valence-corrected chi connectivity index (χ1v) is 12.7. The molecule has 1 fully saturated rings. The zero-order valence-corrected chi connectivity index (χ0v) is 21.6. The number of amides is 3. The van der Waals surface area contributed by atoms with Crippen molar-refractivity contribution in [1.82, 2.24) is 16.0 Å². The number of hydrogen-bond acceptors (Lipinski definition) is 5. The van der Waals surface area contributed by atoms with Crippen molar-refractivity contribution in [1.29, 1.82) is 0 Å². The third kappa shape index (κ3) is 9.34. The Bertz CT molecular complexity index is 858. The maximum Gasteiger partial charge on any atom is 0.328 e. The van der Waals surface area contributed by atoms with Crippen molar-refractivity contribution in [2.75, 3.05) is 0 Å². The Morgan fingerprint density at radius 1 is 0.943 bits per heavy atom. The minimum atomic E-state index is -0.888. The molecular weight excluding hydrogens is 446 g/mol. The maximum atomic E-state index is 13.1. The number of esters is 1. The van der Waals surface area contributed by atoms with Gasteiger partial charge in [0.1, 0.15) is 24.2 Å². The molecule has 0 spiro atoms. The maximum absolute atomic E-state index is 13.1. The summed E-state index contributed by atoms with van der Waals surface area (Å²) < 4.78 is 5.76. The molecule has 1 aliphatic heterocycles. The summed E-state index contributed by atoms with van der Waals surface area (Å²) in [6, 6.07) is 6.75. The summed E-state index contributed by atoms with van der Waals surface area (Å²) in [5.41, 5.74) is 0.877. The number of unbranched alkanes of at least 4 members (excludes halogenated alkanes) is 1. The first-order valence-electron chi connectivity index (χ1n) is 12.7. The summed E-state index contributed by atoms with van der Waals surface area (Å²) in [6.07, 6.45) is 2.97. The van der Waals surface area contributed by atoms with E-state index in [2.05, 4.69) is 22.9 Å². The van der Waals surface area contributed by atoms with Crippen molar-refractivity contribution in [2.45, 2.75) is 97.4 Å². The van der Waals surface area contributed by atoms with Gasteiger partial charge in [-0.2, -0.15) is 0 Å². The topological polar surface area (TPSA) is 114 Å². The number of ether oxygens (including phenoxy) is 1. The van der Waals surface area contributed by atoms with Gasteiger partial charge in [-0.3, -0.25) is 14.4 Å². The molecule has 1 aliphatic rings. The van der Waals surface area contributed by atoms with E-state index in [0.29, 0.717) is 6.42 Å². The van der Waals surface area contributed by atoms with Crippen molar-refractivity contribution in [3.05, 3.63) is 35.9 Å². The van der Waals surface area contributed by atoms with Gasteiger partial charge in [-0.05, 0) is 30.7 Å². The fraction of sp³-hybridized carbons (Fsp3) is 0.630. The van der Waals surface area contributed by atoms with E-state index in [1.807, 2.05) is 51.1 Å². The van der Waals surface area contributed by atoms with E-state index in [-0.39, 0.29) is 30.6 Å². The molecule has 0 unspecified atom stereocenters. The first kappa shape index (κ1) is 28.3. The van der Waals surface area contributed by atoms with Gasteiger partial charge in [-0.1, -0.05) is 77.3 Å². The second-order valence-electron chi connectivity index (χ2n) is 10.0. The second kappa shape index (κ2) is 13.9. The number of hydrogen-bond donors (Lipinski definition) is 3. The Morgan fingerprint density at radius 2 is 1.63 bits per heavy atom. The monoisotopic (exact) mass is 487 g/mol. The Balaban J connectivity index is 2.29. The average molecular weight is 488 g/mol. The van der Waals surface area contributed by atoms with Gasteiger partial charge in [0.2, 0.25) is 17.7 Å². The third-order valence-corrected chi connectivity index (χ3v) is 6.37. The van der Waals surface area contributed by atoms with E-state index in [4.69, 9.17) is 4.74 Å². The van der Waals surface area contributed by atoms with Crippen LogP contribution >= 0.6 is 0 Å². The summed E-state index contributed by atoms with van der Waals surface area (Å²) in [6.45, 7) is 9.46. The van der Waals surface area contributed by atoms with Crippen molar-refractivity contribution in [3.8, 4) is 0 Å².